The molecule has 2 aromatic rings. The second-order valence-electron chi connectivity index (χ2n) is 4.65. The van der Waals surface area contributed by atoms with Crippen molar-refractivity contribution in [3.63, 3.8) is 0 Å². The van der Waals surface area contributed by atoms with Crippen molar-refractivity contribution in [2.75, 3.05) is 18.0 Å². The molecule has 0 bridgehead atoms. The Balaban J connectivity index is 1.98. The molecule has 2 nitrogen and oxygen atoms in total. The zero-order valence-electron chi connectivity index (χ0n) is 8.71. The van der Waals surface area contributed by atoms with Gasteiger partial charge in [-0.1, -0.05) is 0 Å². The van der Waals surface area contributed by atoms with Gasteiger partial charge in [0.05, 0.1) is 0 Å². The maximum atomic E-state index is 3.54. The van der Waals surface area contributed by atoms with E-state index in [0.717, 1.165) is 0 Å². The van der Waals surface area contributed by atoms with E-state index < -0.39 is 0 Å². The van der Waals surface area contributed by atoms with Gasteiger partial charge >= 0.3 is 0 Å². The summed E-state index contributed by atoms with van der Waals surface area (Å²) in [6.45, 7) is 2.47. The Morgan fingerprint density at radius 2 is 2.07 bits per heavy atom. The predicted molar refractivity (Wildman–Crippen MR) is 62.5 cm³/mol. The predicted octanol–water partition coefficient (Wildman–Crippen LogP) is 2.48. The number of hydrogen-bond donors (Lipinski definition) is 1. The first-order valence-electron chi connectivity index (χ1n) is 5.80. The summed E-state index contributed by atoms with van der Waals surface area (Å²) in [5.74, 6) is 0. The molecular formula is C13H14N2. The van der Waals surface area contributed by atoms with Gasteiger partial charge in [0.2, 0.25) is 0 Å². The van der Waals surface area contributed by atoms with E-state index in [9.17, 15) is 0 Å². The first kappa shape index (κ1) is 7.80. The molecule has 1 aromatic heterocycles. The average Bonchev–Trinajstić information content (AvgIpc) is 2.89. The number of benzene rings is 1. The van der Waals surface area contributed by atoms with E-state index in [-0.39, 0.29) is 0 Å². The van der Waals surface area contributed by atoms with Crippen LogP contribution in [0.5, 0.6) is 0 Å². The molecule has 0 amide bonds. The van der Waals surface area contributed by atoms with E-state index in [1.807, 2.05) is 0 Å². The number of nitrogens with zero attached hydrogens (tertiary/aromatic N) is 1. The number of aromatic amines is 1. The molecule has 0 radical (unpaired) electrons. The van der Waals surface area contributed by atoms with E-state index in [0.29, 0.717) is 0 Å². The SMILES string of the molecule is c1cc2[nH]c3c(c2cc1N1CC1)CCC3. The molecule has 76 valence electrons. The summed E-state index contributed by atoms with van der Waals surface area (Å²) in [6.07, 6.45) is 3.83. The molecule has 1 aliphatic heterocycles. The Hall–Kier alpha value is -1.44. The van der Waals surface area contributed by atoms with Crippen molar-refractivity contribution in [3.05, 3.63) is 29.5 Å². The molecule has 4 rings (SSSR count). The zero-order chi connectivity index (χ0) is 9.83. The van der Waals surface area contributed by atoms with E-state index in [1.165, 1.54) is 54.6 Å². The number of rotatable bonds is 1. The molecular weight excluding hydrogens is 184 g/mol. The van der Waals surface area contributed by atoms with Gasteiger partial charge in [-0.2, -0.15) is 0 Å². The van der Waals surface area contributed by atoms with Gasteiger partial charge in [0.25, 0.3) is 0 Å². The maximum Gasteiger partial charge on any atom is 0.0460 e. The number of H-pyrrole nitrogens is 1. The lowest BCUT2D eigenvalue weighted by Crippen LogP contribution is -1.89. The fourth-order valence-electron chi connectivity index (χ4n) is 2.74. The summed E-state index contributed by atoms with van der Waals surface area (Å²) in [5.41, 5.74) is 5.78. The van der Waals surface area contributed by atoms with Crippen LogP contribution in [-0.4, -0.2) is 18.1 Å². The van der Waals surface area contributed by atoms with Gasteiger partial charge in [-0.25, -0.2) is 0 Å². The molecule has 0 saturated carbocycles. The lowest BCUT2D eigenvalue weighted by Gasteiger charge is -2.02. The molecule has 1 saturated heterocycles. The van der Waals surface area contributed by atoms with Crippen LogP contribution >= 0.6 is 0 Å². The number of hydrogen-bond acceptors (Lipinski definition) is 1. The number of aromatic nitrogens is 1. The first-order chi connectivity index (χ1) is 7.42. The highest BCUT2D eigenvalue weighted by Gasteiger charge is 2.21. The number of aryl methyl sites for hydroxylation is 2. The van der Waals surface area contributed by atoms with E-state index >= 15 is 0 Å². The van der Waals surface area contributed by atoms with Crippen molar-refractivity contribution >= 4 is 16.6 Å². The Morgan fingerprint density at radius 3 is 2.93 bits per heavy atom. The molecule has 1 fully saturated rings. The van der Waals surface area contributed by atoms with Crippen molar-refractivity contribution in [1.29, 1.82) is 0 Å². The molecule has 2 aliphatic rings. The second-order valence-corrected chi connectivity index (χ2v) is 4.65. The second kappa shape index (κ2) is 2.57. The number of anilines is 1. The molecule has 1 N–H and O–H groups in total. The van der Waals surface area contributed by atoms with Crippen LogP contribution in [0.4, 0.5) is 5.69 Å². The van der Waals surface area contributed by atoms with E-state index in [4.69, 9.17) is 0 Å². The van der Waals surface area contributed by atoms with Gasteiger partial charge < -0.3 is 9.88 Å². The quantitative estimate of drug-likeness (QED) is 0.697. The topological polar surface area (TPSA) is 18.8 Å². The van der Waals surface area contributed by atoms with Crippen LogP contribution in [0.3, 0.4) is 0 Å². The van der Waals surface area contributed by atoms with Gasteiger partial charge in [0.15, 0.2) is 0 Å². The highest BCUT2D eigenvalue weighted by Crippen LogP contribution is 2.33. The third-order valence-corrected chi connectivity index (χ3v) is 3.64. The lowest BCUT2D eigenvalue weighted by atomic mass is 10.1. The summed E-state index contributed by atoms with van der Waals surface area (Å²) in [6, 6.07) is 6.84. The highest BCUT2D eigenvalue weighted by atomic mass is 15.3. The van der Waals surface area contributed by atoms with Gasteiger partial charge in [-0.05, 0) is 43.0 Å². The maximum absolute atomic E-state index is 3.54. The monoisotopic (exact) mass is 198 g/mol. The standard InChI is InChI=1S/C13H14N2/c1-2-10-11-8-9(15-6-7-15)4-5-13(11)14-12(10)3-1/h4-5,8,14H,1-3,6-7H2. The molecule has 0 spiro atoms. The van der Waals surface area contributed by atoms with E-state index in [2.05, 4.69) is 28.1 Å². The summed E-state index contributed by atoms with van der Waals surface area (Å²) in [4.78, 5) is 5.95. The molecule has 1 aromatic carbocycles. The Kier molecular flexibility index (Phi) is 1.34. The van der Waals surface area contributed by atoms with Crippen LogP contribution in [0.25, 0.3) is 10.9 Å². The lowest BCUT2D eigenvalue weighted by molar-refractivity contribution is 0.899. The molecule has 1 aliphatic carbocycles. The van der Waals surface area contributed by atoms with Gasteiger partial charge in [-0.3, -0.25) is 0 Å². The average molecular weight is 198 g/mol. The van der Waals surface area contributed by atoms with Crippen molar-refractivity contribution in [2.45, 2.75) is 19.3 Å². The number of nitrogens with one attached hydrogen (secondary N) is 1. The van der Waals surface area contributed by atoms with Crippen LogP contribution in [0.15, 0.2) is 18.2 Å². The van der Waals surface area contributed by atoms with Crippen molar-refractivity contribution in [3.8, 4) is 0 Å². The normalized spacial score (nSPS) is 18.5. The Labute approximate surface area is 88.9 Å². The van der Waals surface area contributed by atoms with Gasteiger partial charge in [-0.15, -0.1) is 0 Å². The minimum atomic E-state index is 1.23. The van der Waals surface area contributed by atoms with Crippen molar-refractivity contribution in [2.24, 2.45) is 0 Å². The smallest absolute Gasteiger partial charge is 0.0460 e. The fourth-order valence-corrected chi connectivity index (χ4v) is 2.74. The Bertz CT molecular complexity index is 535. The van der Waals surface area contributed by atoms with Crippen LogP contribution in [0.1, 0.15) is 17.7 Å². The molecule has 0 unspecified atom stereocenters. The largest absolute Gasteiger partial charge is 0.368 e. The third kappa shape index (κ3) is 1.05. The molecule has 15 heavy (non-hydrogen) atoms. The summed E-state index contributed by atoms with van der Waals surface area (Å²) in [7, 11) is 0. The van der Waals surface area contributed by atoms with Crippen molar-refractivity contribution < 1.29 is 0 Å². The minimum Gasteiger partial charge on any atom is -0.368 e. The van der Waals surface area contributed by atoms with E-state index in [1.54, 1.807) is 5.56 Å². The molecule has 2 heteroatoms. The van der Waals surface area contributed by atoms with Gasteiger partial charge in [0, 0.05) is 35.4 Å². The fraction of sp³-hybridized carbons (Fsp3) is 0.385. The van der Waals surface area contributed by atoms with Crippen LogP contribution < -0.4 is 4.90 Å². The van der Waals surface area contributed by atoms with Gasteiger partial charge in [0.1, 0.15) is 0 Å². The summed E-state index contributed by atoms with van der Waals surface area (Å²) >= 11 is 0. The number of fused-ring (bicyclic) bond motifs is 3. The van der Waals surface area contributed by atoms with Crippen LogP contribution in [0.2, 0.25) is 0 Å². The van der Waals surface area contributed by atoms with Crippen LogP contribution in [0, 0.1) is 0 Å². The summed E-state index contributed by atoms with van der Waals surface area (Å²) in [5, 5.41) is 1.46. The molecule has 2 heterocycles. The third-order valence-electron chi connectivity index (χ3n) is 3.64. The minimum absolute atomic E-state index is 1.23. The summed E-state index contributed by atoms with van der Waals surface area (Å²) < 4.78 is 0. The highest BCUT2D eigenvalue weighted by molar-refractivity contribution is 5.88. The van der Waals surface area contributed by atoms with Crippen molar-refractivity contribution in [1.82, 2.24) is 4.98 Å². The Morgan fingerprint density at radius 1 is 1.13 bits per heavy atom. The molecule has 0 atom stereocenters. The van der Waals surface area contributed by atoms with Crippen LogP contribution in [-0.2, 0) is 12.8 Å². The zero-order valence-corrected chi connectivity index (χ0v) is 8.71. The first-order valence-corrected chi connectivity index (χ1v) is 5.80.